The van der Waals surface area contributed by atoms with Gasteiger partial charge in [0.25, 0.3) is 5.91 Å². The molecule has 0 atom stereocenters. The Bertz CT molecular complexity index is 1100. The zero-order valence-corrected chi connectivity index (χ0v) is 17.0. The number of nitrogens with zero attached hydrogens (tertiary/aromatic N) is 1. The van der Waals surface area contributed by atoms with E-state index < -0.39 is 30.6 Å². The summed E-state index contributed by atoms with van der Waals surface area (Å²) in [6.07, 6.45) is -3.41. The van der Waals surface area contributed by atoms with Crippen LogP contribution < -0.4 is 10.1 Å². The van der Waals surface area contributed by atoms with Crippen molar-refractivity contribution in [3.63, 3.8) is 0 Å². The molecule has 174 valence electrons. The number of nitrogens with one attached hydrogen (secondary N) is 1. The lowest BCUT2D eigenvalue weighted by molar-refractivity contribution is -0.274. The molecule has 11 heteroatoms. The molecule has 1 amide bonds. The Morgan fingerprint density at radius 2 is 1.79 bits per heavy atom. The topological polar surface area (TPSA) is 90.7 Å². The highest BCUT2D eigenvalue weighted by Gasteiger charge is 2.32. The van der Waals surface area contributed by atoms with Crippen LogP contribution in [-0.2, 0) is 27.3 Å². The van der Waals surface area contributed by atoms with E-state index in [0.29, 0.717) is 11.3 Å². The fraction of sp³-hybridized carbons (Fsp3) is 0.227. The molecule has 0 fully saturated rings. The normalized spacial score (nSPS) is 11.2. The molecule has 3 aromatic rings. The molecule has 0 aliphatic carbocycles. The number of alkyl halides is 3. The Hall–Kier alpha value is -3.89. The second-order valence-electron chi connectivity index (χ2n) is 6.72. The molecule has 1 N–H and O–H groups in total. The molecular weight excluding hydrogens is 448 g/mol. The number of para-hydroxylation sites is 1. The number of aryl methyl sites for hydroxylation is 1. The van der Waals surface area contributed by atoms with Gasteiger partial charge >= 0.3 is 12.3 Å². The van der Waals surface area contributed by atoms with Crippen molar-refractivity contribution < 1.29 is 41.0 Å². The molecule has 0 saturated heterocycles. The van der Waals surface area contributed by atoms with Crippen LogP contribution in [0.1, 0.15) is 17.9 Å². The number of halogens is 4. The molecule has 0 aliphatic rings. The standard InChI is InChI=1S/C22H18F4N2O5/c23-16-7-5-14(6-8-16)18-12-28-20(32-18)9-10-21(30)31-13-19(29)27-11-15-3-1-2-4-17(15)33-22(24,25)26/h1-8,12H,9-11,13H2,(H,27,29). The van der Waals surface area contributed by atoms with E-state index in [1.807, 2.05) is 0 Å². The van der Waals surface area contributed by atoms with Gasteiger partial charge in [-0.05, 0) is 30.3 Å². The summed E-state index contributed by atoms with van der Waals surface area (Å²) in [4.78, 5) is 27.8. The van der Waals surface area contributed by atoms with Crippen molar-refractivity contribution in [1.82, 2.24) is 10.3 Å². The maximum atomic E-state index is 13.0. The van der Waals surface area contributed by atoms with E-state index in [0.717, 1.165) is 6.07 Å². The number of benzene rings is 2. The Balaban J connectivity index is 1.41. The summed E-state index contributed by atoms with van der Waals surface area (Å²) in [5, 5.41) is 2.36. The van der Waals surface area contributed by atoms with E-state index in [2.05, 4.69) is 15.0 Å². The lowest BCUT2D eigenvalue weighted by atomic mass is 10.2. The molecule has 1 aromatic heterocycles. The van der Waals surface area contributed by atoms with Crippen LogP contribution in [0.4, 0.5) is 17.6 Å². The van der Waals surface area contributed by atoms with Gasteiger partial charge in [-0.25, -0.2) is 9.37 Å². The molecule has 33 heavy (non-hydrogen) atoms. The number of hydrogen-bond acceptors (Lipinski definition) is 6. The average molecular weight is 466 g/mol. The largest absolute Gasteiger partial charge is 0.573 e. The molecule has 0 bridgehead atoms. The van der Waals surface area contributed by atoms with Gasteiger partial charge in [0.1, 0.15) is 11.6 Å². The number of rotatable bonds is 9. The number of oxazole rings is 1. The minimum atomic E-state index is -4.86. The van der Waals surface area contributed by atoms with E-state index in [-0.39, 0.29) is 36.7 Å². The van der Waals surface area contributed by atoms with Gasteiger partial charge in [-0.15, -0.1) is 13.2 Å². The van der Waals surface area contributed by atoms with Gasteiger partial charge in [0.05, 0.1) is 12.6 Å². The van der Waals surface area contributed by atoms with Crippen LogP contribution in [0.3, 0.4) is 0 Å². The highest BCUT2D eigenvalue weighted by molar-refractivity contribution is 5.80. The number of carbonyl (C=O) groups is 2. The van der Waals surface area contributed by atoms with Gasteiger partial charge in [-0.1, -0.05) is 18.2 Å². The third-order valence-corrected chi connectivity index (χ3v) is 4.26. The van der Waals surface area contributed by atoms with Crippen molar-refractivity contribution in [2.75, 3.05) is 6.61 Å². The van der Waals surface area contributed by atoms with Crippen molar-refractivity contribution in [1.29, 1.82) is 0 Å². The van der Waals surface area contributed by atoms with E-state index in [4.69, 9.17) is 9.15 Å². The van der Waals surface area contributed by atoms with Crippen LogP contribution in [-0.4, -0.2) is 29.8 Å². The first-order chi connectivity index (χ1) is 15.7. The lowest BCUT2D eigenvalue weighted by Crippen LogP contribution is -2.29. The van der Waals surface area contributed by atoms with Gasteiger partial charge in [0.15, 0.2) is 18.3 Å². The van der Waals surface area contributed by atoms with Crippen molar-refractivity contribution in [2.24, 2.45) is 0 Å². The fourth-order valence-electron chi connectivity index (χ4n) is 2.72. The summed E-state index contributed by atoms with van der Waals surface area (Å²) >= 11 is 0. The quantitative estimate of drug-likeness (QED) is 0.376. The van der Waals surface area contributed by atoms with Gasteiger partial charge in [0.2, 0.25) is 0 Å². The van der Waals surface area contributed by atoms with E-state index in [9.17, 15) is 27.2 Å². The highest BCUT2D eigenvalue weighted by Crippen LogP contribution is 2.26. The van der Waals surface area contributed by atoms with Crippen molar-refractivity contribution in [3.8, 4) is 17.1 Å². The first-order valence-electron chi connectivity index (χ1n) is 9.66. The summed E-state index contributed by atoms with van der Waals surface area (Å²) in [7, 11) is 0. The summed E-state index contributed by atoms with van der Waals surface area (Å²) in [6, 6.07) is 11.0. The number of aromatic nitrogens is 1. The van der Waals surface area contributed by atoms with Gasteiger partial charge in [-0.2, -0.15) is 0 Å². The third kappa shape index (κ3) is 7.63. The maximum absolute atomic E-state index is 13.0. The number of ether oxygens (including phenoxy) is 2. The van der Waals surface area contributed by atoms with Crippen LogP contribution in [0.2, 0.25) is 0 Å². The van der Waals surface area contributed by atoms with E-state index >= 15 is 0 Å². The second-order valence-corrected chi connectivity index (χ2v) is 6.72. The summed E-state index contributed by atoms with van der Waals surface area (Å²) in [5.74, 6) is -1.53. The minimum absolute atomic E-state index is 0.107. The first-order valence-corrected chi connectivity index (χ1v) is 9.66. The first kappa shape index (κ1) is 23.8. The predicted octanol–water partition coefficient (Wildman–Crippen LogP) is 4.17. The van der Waals surface area contributed by atoms with Crippen LogP contribution >= 0.6 is 0 Å². The third-order valence-electron chi connectivity index (χ3n) is 4.26. The van der Waals surface area contributed by atoms with E-state index in [1.54, 1.807) is 0 Å². The molecule has 0 spiro atoms. The molecule has 0 aliphatic heterocycles. The molecule has 0 radical (unpaired) electrons. The predicted molar refractivity (Wildman–Crippen MR) is 106 cm³/mol. The monoisotopic (exact) mass is 466 g/mol. The Kier molecular flexibility index (Phi) is 7.65. The number of esters is 1. The second kappa shape index (κ2) is 10.6. The fourth-order valence-corrected chi connectivity index (χ4v) is 2.72. The van der Waals surface area contributed by atoms with Crippen LogP contribution in [0.5, 0.6) is 5.75 Å². The SMILES string of the molecule is O=C(COC(=O)CCc1ncc(-c2ccc(F)cc2)o1)NCc1ccccc1OC(F)(F)F. The smallest absolute Gasteiger partial charge is 0.456 e. The van der Waals surface area contributed by atoms with Gasteiger partial charge < -0.3 is 19.2 Å². The summed E-state index contributed by atoms with van der Waals surface area (Å²) < 4.78 is 64.6. The molecule has 2 aromatic carbocycles. The maximum Gasteiger partial charge on any atom is 0.573 e. The van der Waals surface area contributed by atoms with Crippen LogP contribution in [0.15, 0.2) is 59.1 Å². The van der Waals surface area contributed by atoms with Crippen molar-refractivity contribution in [2.45, 2.75) is 25.7 Å². The van der Waals surface area contributed by atoms with Gasteiger partial charge in [0, 0.05) is 24.1 Å². The highest BCUT2D eigenvalue weighted by atomic mass is 19.4. The molecule has 3 rings (SSSR count). The van der Waals surface area contributed by atoms with E-state index in [1.165, 1.54) is 48.7 Å². The molecule has 7 nitrogen and oxygen atoms in total. The summed E-state index contributed by atoms with van der Waals surface area (Å²) in [5.41, 5.74) is 0.729. The Labute approximate surface area is 185 Å². The molecule has 1 heterocycles. The average Bonchev–Trinajstić information content (AvgIpc) is 3.24. The molecule has 0 unspecified atom stereocenters. The van der Waals surface area contributed by atoms with Crippen LogP contribution in [0.25, 0.3) is 11.3 Å². The lowest BCUT2D eigenvalue weighted by Gasteiger charge is -2.13. The van der Waals surface area contributed by atoms with Crippen molar-refractivity contribution in [3.05, 3.63) is 72.0 Å². The van der Waals surface area contributed by atoms with Crippen molar-refractivity contribution >= 4 is 11.9 Å². The van der Waals surface area contributed by atoms with Crippen LogP contribution in [0, 0.1) is 5.82 Å². The number of amides is 1. The number of carbonyl (C=O) groups excluding carboxylic acids is 2. The van der Waals surface area contributed by atoms with Gasteiger partial charge in [-0.3, -0.25) is 9.59 Å². The Morgan fingerprint density at radius 1 is 1.06 bits per heavy atom. The zero-order valence-electron chi connectivity index (χ0n) is 17.0. The molecule has 0 saturated carbocycles. The zero-order chi connectivity index (χ0) is 23.8. The minimum Gasteiger partial charge on any atom is -0.456 e. The molecular formula is C22H18F4N2O5. The Morgan fingerprint density at radius 3 is 2.52 bits per heavy atom. The number of hydrogen-bond donors (Lipinski definition) is 1. The summed E-state index contributed by atoms with van der Waals surface area (Å²) in [6.45, 7) is -0.849.